The first-order valence-corrected chi connectivity index (χ1v) is 9.02. The summed E-state index contributed by atoms with van der Waals surface area (Å²) in [5, 5.41) is 19.0. The maximum atomic E-state index is 9.42. The summed E-state index contributed by atoms with van der Waals surface area (Å²) in [5.74, 6) is 0. The van der Waals surface area contributed by atoms with Crippen LogP contribution in [0.2, 0.25) is 19.6 Å². The lowest BCUT2D eigenvalue weighted by Gasteiger charge is -2.39. The third-order valence-corrected chi connectivity index (χ3v) is 5.09. The molecule has 0 spiro atoms. The molecule has 1 aliphatic rings. The predicted octanol–water partition coefficient (Wildman–Crippen LogP) is 0.695. The quantitative estimate of drug-likeness (QED) is 0.770. The van der Waals surface area contributed by atoms with Gasteiger partial charge in [-0.05, 0) is 19.3 Å². The molecule has 0 bridgehead atoms. The molecule has 1 saturated carbocycles. The Morgan fingerprint density at radius 1 is 1.47 bits per heavy atom. The van der Waals surface area contributed by atoms with Gasteiger partial charge in [-0.1, -0.05) is 24.9 Å². The standard InChI is InChI=1S/C10H19N3OSi/c1-15(2,3)9-7-13(12-11-9)10(8-14)5-4-6-10/h7,14H,4-6,8H2,1-3H3. The summed E-state index contributed by atoms with van der Waals surface area (Å²) in [6.07, 6.45) is 5.28. The minimum atomic E-state index is -1.37. The largest absolute Gasteiger partial charge is 0.394 e. The summed E-state index contributed by atoms with van der Waals surface area (Å²) >= 11 is 0. The molecule has 0 saturated heterocycles. The Kier molecular flexibility index (Phi) is 2.46. The SMILES string of the molecule is C[Si](C)(C)c1cn(C2(CO)CCC2)nn1. The molecule has 1 aliphatic carbocycles. The van der Waals surface area contributed by atoms with E-state index in [4.69, 9.17) is 0 Å². The second-order valence-electron chi connectivity index (χ2n) is 5.53. The van der Waals surface area contributed by atoms with Gasteiger partial charge >= 0.3 is 0 Å². The van der Waals surface area contributed by atoms with Crippen LogP contribution in [0.5, 0.6) is 0 Å². The summed E-state index contributed by atoms with van der Waals surface area (Å²) in [6.45, 7) is 6.96. The van der Waals surface area contributed by atoms with Gasteiger partial charge < -0.3 is 5.11 Å². The van der Waals surface area contributed by atoms with Crippen LogP contribution in [-0.4, -0.2) is 34.8 Å². The Bertz CT molecular complexity index is 346. The fourth-order valence-electron chi connectivity index (χ4n) is 1.88. The molecule has 0 amide bonds. The van der Waals surface area contributed by atoms with E-state index >= 15 is 0 Å². The third-order valence-electron chi connectivity index (χ3n) is 3.33. The van der Waals surface area contributed by atoms with E-state index < -0.39 is 8.07 Å². The van der Waals surface area contributed by atoms with Crippen molar-refractivity contribution in [1.29, 1.82) is 0 Å². The number of aliphatic hydroxyl groups excluding tert-OH is 1. The summed E-state index contributed by atoms with van der Waals surface area (Å²) in [5.41, 5.74) is -0.134. The first kappa shape index (κ1) is 10.8. The van der Waals surface area contributed by atoms with Crippen molar-refractivity contribution in [3.8, 4) is 0 Å². The molecule has 1 fully saturated rings. The van der Waals surface area contributed by atoms with Gasteiger partial charge in [0.25, 0.3) is 0 Å². The molecular weight excluding hydrogens is 206 g/mol. The number of aliphatic hydroxyl groups is 1. The van der Waals surface area contributed by atoms with E-state index in [1.807, 2.05) is 10.9 Å². The number of hydrogen-bond acceptors (Lipinski definition) is 3. The van der Waals surface area contributed by atoms with E-state index in [2.05, 4.69) is 30.0 Å². The van der Waals surface area contributed by atoms with Gasteiger partial charge in [-0.25, -0.2) is 4.68 Å². The molecule has 0 aliphatic heterocycles. The van der Waals surface area contributed by atoms with E-state index in [0.717, 1.165) is 18.2 Å². The molecule has 0 atom stereocenters. The van der Waals surface area contributed by atoms with Crippen LogP contribution in [-0.2, 0) is 5.54 Å². The van der Waals surface area contributed by atoms with Gasteiger partial charge in [-0.3, -0.25) is 0 Å². The van der Waals surface area contributed by atoms with Crippen LogP contribution >= 0.6 is 0 Å². The zero-order chi connectivity index (χ0) is 11.1. The lowest BCUT2D eigenvalue weighted by atomic mass is 9.77. The van der Waals surface area contributed by atoms with Gasteiger partial charge in [0.1, 0.15) is 8.07 Å². The topological polar surface area (TPSA) is 50.9 Å². The van der Waals surface area contributed by atoms with Crippen LogP contribution in [0.4, 0.5) is 0 Å². The summed E-state index contributed by atoms with van der Waals surface area (Å²) in [6, 6.07) is 0. The van der Waals surface area contributed by atoms with E-state index in [9.17, 15) is 5.11 Å². The summed E-state index contributed by atoms with van der Waals surface area (Å²) < 4.78 is 1.89. The van der Waals surface area contributed by atoms with Crippen molar-refractivity contribution in [3.05, 3.63) is 6.20 Å². The molecule has 1 aromatic rings. The van der Waals surface area contributed by atoms with Crippen molar-refractivity contribution < 1.29 is 5.11 Å². The molecule has 15 heavy (non-hydrogen) atoms. The van der Waals surface area contributed by atoms with E-state index in [1.165, 1.54) is 6.42 Å². The van der Waals surface area contributed by atoms with E-state index in [-0.39, 0.29) is 12.1 Å². The van der Waals surface area contributed by atoms with Crippen molar-refractivity contribution >= 4 is 13.4 Å². The van der Waals surface area contributed by atoms with Crippen LogP contribution in [0.25, 0.3) is 0 Å². The highest BCUT2D eigenvalue weighted by Crippen LogP contribution is 2.37. The molecule has 1 N–H and O–H groups in total. The minimum absolute atomic E-state index is 0.134. The summed E-state index contributed by atoms with van der Waals surface area (Å²) in [7, 11) is -1.37. The molecule has 1 heterocycles. The van der Waals surface area contributed by atoms with E-state index in [1.54, 1.807) is 0 Å². The Morgan fingerprint density at radius 2 is 2.13 bits per heavy atom. The van der Waals surface area contributed by atoms with Crippen molar-refractivity contribution in [1.82, 2.24) is 15.0 Å². The molecule has 5 heteroatoms. The van der Waals surface area contributed by atoms with Crippen molar-refractivity contribution in [2.45, 2.75) is 44.4 Å². The monoisotopic (exact) mass is 225 g/mol. The second kappa shape index (κ2) is 3.42. The van der Waals surface area contributed by atoms with Crippen molar-refractivity contribution in [2.75, 3.05) is 6.61 Å². The van der Waals surface area contributed by atoms with Gasteiger partial charge in [0.05, 0.1) is 17.5 Å². The van der Waals surface area contributed by atoms with Gasteiger partial charge in [-0.2, -0.15) is 0 Å². The van der Waals surface area contributed by atoms with Crippen molar-refractivity contribution in [2.24, 2.45) is 0 Å². The first-order valence-electron chi connectivity index (χ1n) is 5.52. The van der Waals surface area contributed by atoms with Gasteiger partial charge in [-0.15, -0.1) is 5.10 Å². The zero-order valence-corrected chi connectivity index (χ0v) is 10.7. The normalized spacial score (nSPS) is 20.0. The fraction of sp³-hybridized carbons (Fsp3) is 0.800. The Labute approximate surface area is 91.3 Å². The fourth-order valence-corrected chi connectivity index (χ4v) is 2.74. The number of nitrogens with zero attached hydrogens (tertiary/aromatic N) is 3. The number of hydrogen-bond donors (Lipinski definition) is 1. The third kappa shape index (κ3) is 1.74. The first-order chi connectivity index (χ1) is 6.98. The van der Waals surface area contributed by atoms with Gasteiger partial charge in [0, 0.05) is 6.20 Å². The molecule has 0 unspecified atom stereocenters. The maximum Gasteiger partial charge on any atom is 0.106 e. The Balaban J connectivity index is 2.27. The molecule has 2 rings (SSSR count). The van der Waals surface area contributed by atoms with Crippen LogP contribution in [0.1, 0.15) is 19.3 Å². The van der Waals surface area contributed by atoms with E-state index in [0.29, 0.717) is 0 Å². The van der Waals surface area contributed by atoms with Gasteiger partial charge in [0.2, 0.25) is 0 Å². The van der Waals surface area contributed by atoms with Crippen LogP contribution in [0.15, 0.2) is 6.20 Å². The van der Waals surface area contributed by atoms with Gasteiger partial charge in [0.15, 0.2) is 0 Å². The number of aromatic nitrogens is 3. The molecule has 4 nitrogen and oxygen atoms in total. The highest BCUT2D eigenvalue weighted by atomic mass is 28.3. The Hall–Kier alpha value is -0.683. The Morgan fingerprint density at radius 3 is 2.47 bits per heavy atom. The smallest absolute Gasteiger partial charge is 0.106 e. The van der Waals surface area contributed by atoms with Crippen LogP contribution in [0, 0.1) is 0 Å². The maximum absolute atomic E-state index is 9.42. The highest BCUT2D eigenvalue weighted by molar-refractivity contribution is 6.88. The minimum Gasteiger partial charge on any atom is -0.394 e. The second-order valence-corrected chi connectivity index (χ2v) is 10.5. The van der Waals surface area contributed by atoms with Crippen LogP contribution in [0.3, 0.4) is 0 Å². The average molecular weight is 225 g/mol. The molecule has 0 aromatic carbocycles. The lowest BCUT2D eigenvalue weighted by Crippen LogP contribution is -2.45. The molecular formula is C10H19N3OSi. The average Bonchev–Trinajstić information content (AvgIpc) is 2.51. The van der Waals surface area contributed by atoms with Crippen LogP contribution < -0.4 is 5.32 Å². The predicted molar refractivity (Wildman–Crippen MR) is 61.9 cm³/mol. The lowest BCUT2D eigenvalue weighted by molar-refractivity contribution is 0.0421. The summed E-state index contributed by atoms with van der Waals surface area (Å²) in [4.78, 5) is 0. The zero-order valence-electron chi connectivity index (χ0n) is 9.69. The highest BCUT2D eigenvalue weighted by Gasteiger charge is 2.40. The molecule has 84 valence electrons. The number of rotatable bonds is 3. The molecule has 0 radical (unpaired) electrons. The molecule has 1 aromatic heterocycles. The van der Waals surface area contributed by atoms with Crippen molar-refractivity contribution in [3.63, 3.8) is 0 Å².